The van der Waals surface area contributed by atoms with Gasteiger partial charge in [0.05, 0.1) is 11.2 Å². The number of nitrogens with zero attached hydrogens (tertiary/aromatic N) is 2. The molecule has 0 saturated heterocycles. The zero-order valence-electron chi connectivity index (χ0n) is 14.0. The van der Waals surface area contributed by atoms with Gasteiger partial charge in [-0.1, -0.05) is 19.3 Å². The summed E-state index contributed by atoms with van der Waals surface area (Å²) in [7, 11) is 0. The highest BCUT2D eigenvalue weighted by Gasteiger charge is 2.35. The van der Waals surface area contributed by atoms with Gasteiger partial charge >= 0.3 is 0 Å². The van der Waals surface area contributed by atoms with E-state index in [0.717, 1.165) is 53.8 Å². The summed E-state index contributed by atoms with van der Waals surface area (Å²) < 4.78 is 13.3. The van der Waals surface area contributed by atoms with E-state index in [1.165, 1.54) is 18.6 Å². The van der Waals surface area contributed by atoms with Gasteiger partial charge in [0.25, 0.3) is 0 Å². The molecule has 0 atom stereocenters. The Labute approximate surface area is 146 Å². The summed E-state index contributed by atoms with van der Waals surface area (Å²) in [5, 5.41) is 7.77. The number of rotatable bonds is 3. The molecule has 0 radical (unpaired) electrons. The summed E-state index contributed by atoms with van der Waals surface area (Å²) in [4.78, 5) is 4.12. The van der Waals surface area contributed by atoms with Crippen LogP contribution in [0.4, 0.5) is 4.39 Å². The molecule has 1 saturated carbocycles. The topological polar surface area (TPSA) is 67.6 Å². The molecule has 1 fully saturated rings. The minimum absolute atomic E-state index is 0.257. The molecule has 3 aromatic rings. The lowest BCUT2D eigenvalue weighted by atomic mass is 9.77. The van der Waals surface area contributed by atoms with Crippen LogP contribution in [0.25, 0.3) is 22.4 Å². The first-order valence-corrected chi connectivity index (χ1v) is 8.71. The second-order valence-corrected chi connectivity index (χ2v) is 6.78. The number of H-pyrrole nitrogens is 1. The molecule has 1 aromatic carbocycles. The maximum atomic E-state index is 13.3. The molecule has 4 nitrogen and oxygen atoms in total. The number of halogens is 1. The lowest BCUT2D eigenvalue weighted by molar-refractivity contribution is 0.295. The number of aromatic amines is 1. The fourth-order valence-electron chi connectivity index (χ4n) is 3.75. The third-order valence-corrected chi connectivity index (χ3v) is 5.10. The van der Waals surface area contributed by atoms with Crippen molar-refractivity contribution in [3.05, 3.63) is 60.3 Å². The highest BCUT2D eigenvalue weighted by atomic mass is 19.1. The average molecular weight is 336 g/mol. The van der Waals surface area contributed by atoms with Gasteiger partial charge in [-0.3, -0.25) is 10.1 Å². The summed E-state index contributed by atoms with van der Waals surface area (Å²) in [6.07, 6.45) is 8.89. The van der Waals surface area contributed by atoms with Gasteiger partial charge in [0.1, 0.15) is 11.5 Å². The van der Waals surface area contributed by atoms with E-state index in [9.17, 15) is 4.39 Å². The molecule has 2 aromatic heterocycles. The van der Waals surface area contributed by atoms with E-state index in [2.05, 4.69) is 15.2 Å². The van der Waals surface area contributed by atoms with Crippen LogP contribution in [-0.4, -0.2) is 15.2 Å². The molecule has 0 spiro atoms. The lowest BCUT2D eigenvalue weighted by Gasteiger charge is -2.33. The van der Waals surface area contributed by atoms with Gasteiger partial charge in [-0.25, -0.2) is 4.39 Å². The van der Waals surface area contributed by atoms with Gasteiger partial charge in [-0.15, -0.1) is 0 Å². The van der Waals surface area contributed by atoms with Gasteiger partial charge in [-0.05, 0) is 54.8 Å². The molecule has 2 heterocycles. The minimum atomic E-state index is -0.401. The molecule has 128 valence electrons. The normalized spacial score (nSPS) is 16.7. The lowest BCUT2D eigenvalue weighted by Crippen LogP contribution is -2.39. The van der Waals surface area contributed by atoms with Gasteiger partial charge in [0.15, 0.2) is 0 Å². The van der Waals surface area contributed by atoms with Crippen LogP contribution in [0.5, 0.6) is 0 Å². The van der Waals surface area contributed by atoms with E-state index in [1.54, 1.807) is 24.5 Å². The van der Waals surface area contributed by atoms with E-state index >= 15 is 0 Å². The fraction of sp³-hybridized carbons (Fsp3) is 0.300. The van der Waals surface area contributed by atoms with Crippen molar-refractivity contribution in [1.82, 2.24) is 15.2 Å². The van der Waals surface area contributed by atoms with Crippen molar-refractivity contribution in [3.8, 4) is 22.4 Å². The summed E-state index contributed by atoms with van der Waals surface area (Å²) in [5.74, 6) is -0.257. The monoisotopic (exact) mass is 336 g/mol. The summed E-state index contributed by atoms with van der Waals surface area (Å²) in [6, 6.07) is 10.4. The Morgan fingerprint density at radius 3 is 2.28 bits per heavy atom. The number of pyridine rings is 1. The van der Waals surface area contributed by atoms with Crippen molar-refractivity contribution < 1.29 is 4.39 Å². The first kappa shape index (κ1) is 16.0. The van der Waals surface area contributed by atoms with E-state index in [1.807, 2.05) is 12.1 Å². The second-order valence-electron chi connectivity index (χ2n) is 6.78. The molecule has 0 bridgehead atoms. The van der Waals surface area contributed by atoms with Gasteiger partial charge in [-0.2, -0.15) is 5.10 Å². The van der Waals surface area contributed by atoms with E-state index in [0.29, 0.717) is 0 Å². The third kappa shape index (κ3) is 2.96. The zero-order chi connectivity index (χ0) is 17.3. The minimum Gasteiger partial charge on any atom is -0.320 e. The van der Waals surface area contributed by atoms with Crippen LogP contribution in [-0.2, 0) is 5.54 Å². The molecule has 5 heteroatoms. The van der Waals surface area contributed by atoms with Gasteiger partial charge < -0.3 is 5.73 Å². The molecule has 0 amide bonds. The van der Waals surface area contributed by atoms with Crippen LogP contribution in [0.1, 0.15) is 37.8 Å². The fourth-order valence-corrected chi connectivity index (χ4v) is 3.75. The largest absolute Gasteiger partial charge is 0.320 e. The van der Waals surface area contributed by atoms with Crippen molar-refractivity contribution in [2.45, 2.75) is 37.6 Å². The Morgan fingerprint density at radius 2 is 1.60 bits per heavy atom. The Morgan fingerprint density at radius 1 is 0.920 bits per heavy atom. The summed E-state index contributed by atoms with van der Waals surface area (Å²) >= 11 is 0. The summed E-state index contributed by atoms with van der Waals surface area (Å²) in [6.45, 7) is 0. The van der Waals surface area contributed by atoms with Crippen LogP contribution in [0, 0.1) is 5.82 Å². The van der Waals surface area contributed by atoms with Gasteiger partial charge in [0, 0.05) is 23.5 Å². The zero-order valence-corrected chi connectivity index (χ0v) is 14.0. The van der Waals surface area contributed by atoms with Crippen LogP contribution in [0.2, 0.25) is 0 Å². The van der Waals surface area contributed by atoms with Crippen molar-refractivity contribution in [3.63, 3.8) is 0 Å². The van der Waals surface area contributed by atoms with Crippen molar-refractivity contribution >= 4 is 0 Å². The van der Waals surface area contributed by atoms with Crippen LogP contribution in [0.3, 0.4) is 0 Å². The maximum absolute atomic E-state index is 13.3. The van der Waals surface area contributed by atoms with Crippen LogP contribution < -0.4 is 5.73 Å². The number of benzene rings is 1. The highest BCUT2D eigenvalue weighted by Crippen LogP contribution is 2.42. The Bertz CT molecular complexity index is 849. The molecular weight excluding hydrogens is 315 g/mol. The number of aromatic nitrogens is 3. The van der Waals surface area contributed by atoms with Crippen LogP contribution >= 0.6 is 0 Å². The Hall–Kier alpha value is -2.53. The molecule has 0 unspecified atom stereocenters. The molecule has 1 aliphatic rings. The number of nitrogens with one attached hydrogen (secondary N) is 1. The molecule has 0 aliphatic heterocycles. The smallest absolute Gasteiger partial charge is 0.123 e. The van der Waals surface area contributed by atoms with Crippen molar-refractivity contribution in [2.24, 2.45) is 5.73 Å². The molecule has 3 N–H and O–H groups in total. The van der Waals surface area contributed by atoms with Crippen molar-refractivity contribution in [2.75, 3.05) is 0 Å². The Kier molecular flexibility index (Phi) is 4.09. The quantitative estimate of drug-likeness (QED) is 0.745. The number of hydrogen-bond acceptors (Lipinski definition) is 3. The predicted molar refractivity (Wildman–Crippen MR) is 96.2 cm³/mol. The van der Waals surface area contributed by atoms with Crippen molar-refractivity contribution in [1.29, 1.82) is 0 Å². The first-order valence-electron chi connectivity index (χ1n) is 8.71. The highest BCUT2D eigenvalue weighted by molar-refractivity contribution is 5.83. The molecule has 1 aliphatic carbocycles. The number of nitrogens with two attached hydrogens (primary N) is 1. The van der Waals surface area contributed by atoms with E-state index < -0.39 is 5.54 Å². The van der Waals surface area contributed by atoms with E-state index in [4.69, 9.17) is 5.73 Å². The first-order chi connectivity index (χ1) is 12.2. The standard InChI is InChI=1S/C20H21FN4/c21-16-6-4-15(5-7-16)18-17(14-8-12-23-13-9-14)19(25-24-18)20(22)10-2-1-3-11-20/h4-9,12-13H,1-3,10-11,22H2,(H,24,25). The number of hydrogen-bond donors (Lipinski definition) is 2. The average Bonchev–Trinajstić information content (AvgIpc) is 3.10. The summed E-state index contributed by atoms with van der Waals surface area (Å²) in [5.41, 5.74) is 11.0. The van der Waals surface area contributed by atoms with Crippen LogP contribution in [0.15, 0.2) is 48.8 Å². The SMILES string of the molecule is NC1(c2[nH]nc(-c3ccc(F)cc3)c2-c2ccncc2)CCCCC1. The van der Waals surface area contributed by atoms with E-state index in [-0.39, 0.29) is 5.82 Å². The molecule has 4 rings (SSSR count). The maximum Gasteiger partial charge on any atom is 0.123 e. The third-order valence-electron chi connectivity index (χ3n) is 5.10. The molecular formula is C20H21FN4. The second kappa shape index (κ2) is 6.41. The Balaban J connectivity index is 1.89. The van der Waals surface area contributed by atoms with Gasteiger partial charge in [0.2, 0.25) is 0 Å². The predicted octanol–water partition coefficient (Wildman–Crippen LogP) is 4.40. The molecule has 25 heavy (non-hydrogen) atoms.